The molecule has 0 amide bonds. The van der Waals surface area contributed by atoms with Gasteiger partial charge in [-0.05, 0) is 44.5 Å². The number of carbonyl (C=O) groups is 1. The van der Waals surface area contributed by atoms with Crippen LogP contribution in [0.4, 0.5) is 5.82 Å². The summed E-state index contributed by atoms with van der Waals surface area (Å²) in [5.41, 5.74) is 3.66. The number of nitrogens with two attached hydrogens (primary N) is 1. The number of hydrogen-bond acceptors (Lipinski definition) is 6. The van der Waals surface area contributed by atoms with Crippen LogP contribution in [0.5, 0.6) is 0 Å². The van der Waals surface area contributed by atoms with Gasteiger partial charge in [-0.3, -0.25) is 9.69 Å². The zero-order chi connectivity index (χ0) is 14.4. The number of aromatic nitrogens is 1. The van der Waals surface area contributed by atoms with Crippen LogP contribution in [0.1, 0.15) is 25.3 Å². The number of esters is 1. The number of rotatable bonds is 5. The first-order valence-electron chi connectivity index (χ1n) is 7.03. The molecule has 2 heterocycles. The highest BCUT2D eigenvalue weighted by molar-refractivity contribution is 5.72. The number of nitrogen functional groups attached to an aromatic ring is 1. The Morgan fingerprint density at radius 2 is 2.25 bits per heavy atom. The Kier molecular flexibility index (Phi) is 5.31. The highest BCUT2D eigenvalue weighted by Crippen LogP contribution is 2.20. The molecule has 0 saturated carbocycles. The van der Waals surface area contributed by atoms with Gasteiger partial charge in [0.1, 0.15) is 5.82 Å². The molecule has 1 aromatic rings. The van der Waals surface area contributed by atoms with Crippen LogP contribution in [-0.4, -0.2) is 35.5 Å². The summed E-state index contributed by atoms with van der Waals surface area (Å²) in [7, 11) is 0. The van der Waals surface area contributed by atoms with Crippen LogP contribution < -0.4 is 11.3 Å². The number of hydrazine groups is 1. The zero-order valence-electron chi connectivity index (χ0n) is 11.8. The minimum atomic E-state index is -0.0489. The van der Waals surface area contributed by atoms with Crippen molar-refractivity contribution in [3.05, 3.63) is 23.9 Å². The standard InChI is InChI=1S/C14H22N4O2/c1-2-20-14(19)12-5-7-18(8-6-12)10-11-3-4-13(17-15)16-9-11/h3-4,9,12H,2,5-8,10,15H2,1H3,(H,16,17). The smallest absolute Gasteiger partial charge is 0.309 e. The summed E-state index contributed by atoms with van der Waals surface area (Å²) in [5.74, 6) is 5.96. The fraction of sp³-hybridized carbons (Fsp3) is 0.571. The molecule has 1 aromatic heterocycles. The minimum Gasteiger partial charge on any atom is -0.466 e. The largest absolute Gasteiger partial charge is 0.466 e. The third kappa shape index (κ3) is 3.91. The first-order chi connectivity index (χ1) is 9.72. The number of likely N-dealkylation sites (tertiary alicyclic amines) is 1. The summed E-state index contributed by atoms with van der Waals surface area (Å²) in [5, 5.41) is 0. The van der Waals surface area contributed by atoms with E-state index in [2.05, 4.69) is 15.3 Å². The number of anilines is 1. The molecule has 0 atom stereocenters. The number of ether oxygens (including phenoxy) is 1. The molecule has 1 aliphatic heterocycles. The van der Waals surface area contributed by atoms with Crippen molar-refractivity contribution in [1.29, 1.82) is 0 Å². The maximum absolute atomic E-state index is 11.7. The lowest BCUT2D eigenvalue weighted by Gasteiger charge is -2.30. The van der Waals surface area contributed by atoms with E-state index in [9.17, 15) is 4.79 Å². The van der Waals surface area contributed by atoms with Gasteiger partial charge in [-0.2, -0.15) is 0 Å². The number of nitrogens with one attached hydrogen (secondary N) is 1. The summed E-state index contributed by atoms with van der Waals surface area (Å²) in [6.45, 7) is 5.00. The lowest BCUT2D eigenvalue weighted by atomic mass is 9.97. The van der Waals surface area contributed by atoms with E-state index in [0.29, 0.717) is 12.4 Å². The molecule has 0 radical (unpaired) electrons. The van der Waals surface area contributed by atoms with Crippen molar-refractivity contribution >= 4 is 11.8 Å². The molecule has 1 fully saturated rings. The number of nitrogens with zero attached hydrogens (tertiary/aromatic N) is 2. The van der Waals surface area contributed by atoms with Crippen LogP contribution >= 0.6 is 0 Å². The lowest BCUT2D eigenvalue weighted by molar-refractivity contribution is -0.149. The average Bonchev–Trinajstić information content (AvgIpc) is 2.49. The normalized spacial score (nSPS) is 16.9. The van der Waals surface area contributed by atoms with Crippen LogP contribution in [0.25, 0.3) is 0 Å². The minimum absolute atomic E-state index is 0.0489. The van der Waals surface area contributed by atoms with Gasteiger partial charge in [0.25, 0.3) is 0 Å². The van der Waals surface area contributed by atoms with E-state index in [1.807, 2.05) is 25.3 Å². The fourth-order valence-corrected chi connectivity index (χ4v) is 2.45. The molecule has 0 aromatic carbocycles. The quantitative estimate of drug-likeness (QED) is 0.477. The van der Waals surface area contributed by atoms with E-state index < -0.39 is 0 Å². The monoisotopic (exact) mass is 278 g/mol. The Balaban J connectivity index is 1.80. The van der Waals surface area contributed by atoms with Gasteiger partial charge in [-0.15, -0.1) is 0 Å². The molecule has 2 rings (SSSR count). The van der Waals surface area contributed by atoms with Crippen molar-refractivity contribution in [2.45, 2.75) is 26.3 Å². The Morgan fingerprint density at radius 3 is 2.80 bits per heavy atom. The number of piperidine rings is 1. The maximum Gasteiger partial charge on any atom is 0.309 e. The highest BCUT2D eigenvalue weighted by atomic mass is 16.5. The first-order valence-corrected chi connectivity index (χ1v) is 7.03. The zero-order valence-corrected chi connectivity index (χ0v) is 11.8. The van der Waals surface area contributed by atoms with E-state index in [1.165, 1.54) is 0 Å². The summed E-state index contributed by atoms with van der Waals surface area (Å²) < 4.78 is 5.07. The molecule has 3 N–H and O–H groups in total. The van der Waals surface area contributed by atoms with Crippen molar-refractivity contribution in [2.24, 2.45) is 11.8 Å². The molecule has 1 saturated heterocycles. The van der Waals surface area contributed by atoms with Crippen molar-refractivity contribution in [2.75, 3.05) is 25.1 Å². The SMILES string of the molecule is CCOC(=O)C1CCN(Cc2ccc(NN)nc2)CC1. The number of carbonyl (C=O) groups excluding carboxylic acids is 1. The summed E-state index contributed by atoms with van der Waals surface area (Å²) >= 11 is 0. The predicted octanol–water partition coefficient (Wildman–Crippen LogP) is 1.14. The third-order valence-electron chi connectivity index (χ3n) is 3.59. The molecule has 6 nitrogen and oxygen atoms in total. The summed E-state index contributed by atoms with van der Waals surface area (Å²) in [6, 6.07) is 3.88. The Bertz CT molecular complexity index is 427. The van der Waals surface area contributed by atoms with Gasteiger partial charge in [-0.1, -0.05) is 6.07 Å². The van der Waals surface area contributed by atoms with Gasteiger partial charge in [0.05, 0.1) is 12.5 Å². The lowest BCUT2D eigenvalue weighted by Crippen LogP contribution is -2.36. The van der Waals surface area contributed by atoms with Gasteiger partial charge < -0.3 is 10.2 Å². The Labute approximate surface area is 119 Å². The van der Waals surface area contributed by atoms with Crippen LogP contribution in [0.2, 0.25) is 0 Å². The Hall–Kier alpha value is -1.66. The second kappa shape index (κ2) is 7.21. The fourth-order valence-electron chi connectivity index (χ4n) is 2.45. The van der Waals surface area contributed by atoms with Crippen molar-refractivity contribution in [3.8, 4) is 0 Å². The number of pyridine rings is 1. The van der Waals surface area contributed by atoms with E-state index >= 15 is 0 Å². The van der Waals surface area contributed by atoms with Crippen LogP contribution in [0.3, 0.4) is 0 Å². The van der Waals surface area contributed by atoms with E-state index in [0.717, 1.165) is 38.0 Å². The summed E-state index contributed by atoms with van der Waals surface area (Å²) in [6.07, 6.45) is 3.57. The second-order valence-corrected chi connectivity index (χ2v) is 5.00. The van der Waals surface area contributed by atoms with Crippen LogP contribution in [0.15, 0.2) is 18.3 Å². The molecule has 20 heavy (non-hydrogen) atoms. The predicted molar refractivity (Wildman–Crippen MR) is 76.7 cm³/mol. The Morgan fingerprint density at radius 1 is 1.50 bits per heavy atom. The molecule has 0 spiro atoms. The van der Waals surface area contributed by atoms with Gasteiger partial charge in [-0.25, -0.2) is 10.8 Å². The van der Waals surface area contributed by atoms with Gasteiger partial charge in [0.2, 0.25) is 0 Å². The van der Waals surface area contributed by atoms with Crippen LogP contribution in [0, 0.1) is 5.92 Å². The molecule has 110 valence electrons. The topological polar surface area (TPSA) is 80.5 Å². The molecular formula is C14H22N4O2. The van der Waals surface area contributed by atoms with Gasteiger partial charge in [0.15, 0.2) is 0 Å². The van der Waals surface area contributed by atoms with Gasteiger partial charge >= 0.3 is 5.97 Å². The van der Waals surface area contributed by atoms with E-state index in [4.69, 9.17) is 10.6 Å². The van der Waals surface area contributed by atoms with E-state index in [-0.39, 0.29) is 11.9 Å². The molecule has 6 heteroatoms. The molecule has 0 unspecified atom stereocenters. The van der Waals surface area contributed by atoms with Gasteiger partial charge in [0, 0.05) is 12.7 Å². The maximum atomic E-state index is 11.7. The summed E-state index contributed by atoms with van der Waals surface area (Å²) in [4.78, 5) is 18.2. The van der Waals surface area contributed by atoms with E-state index in [1.54, 1.807) is 0 Å². The van der Waals surface area contributed by atoms with Crippen LogP contribution in [-0.2, 0) is 16.1 Å². The first kappa shape index (κ1) is 14.7. The number of hydrogen-bond donors (Lipinski definition) is 2. The molecule has 0 aliphatic carbocycles. The third-order valence-corrected chi connectivity index (χ3v) is 3.59. The molecular weight excluding hydrogens is 256 g/mol. The average molecular weight is 278 g/mol. The highest BCUT2D eigenvalue weighted by Gasteiger charge is 2.25. The molecule has 1 aliphatic rings. The van der Waals surface area contributed by atoms with Crippen molar-refractivity contribution < 1.29 is 9.53 Å². The second-order valence-electron chi connectivity index (χ2n) is 5.00. The van der Waals surface area contributed by atoms with Crippen molar-refractivity contribution in [1.82, 2.24) is 9.88 Å². The van der Waals surface area contributed by atoms with Crippen molar-refractivity contribution in [3.63, 3.8) is 0 Å². The molecule has 0 bridgehead atoms.